The van der Waals surface area contributed by atoms with Crippen molar-refractivity contribution in [1.29, 1.82) is 0 Å². The third-order valence-electron chi connectivity index (χ3n) is 8.49. The summed E-state index contributed by atoms with van der Waals surface area (Å²) in [6.07, 6.45) is 0. The van der Waals surface area contributed by atoms with Gasteiger partial charge in [0.1, 0.15) is 16.7 Å². The van der Waals surface area contributed by atoms with E-state index in [0.717, 1.165) is 77.6 Å². The van der Waals surface area contributed by atoms with E-state index < -0.39 is 0 Å². The number of furan rings is 1. The van der Waals surface area contributed by atoms with Gasteiger partial charge in [-0.05, 0) is 71.6 Å². The first-order chi connectivity index (χ1) is 22.3. The van der Waals surface area contributed by atoms with E-state index in [4.69, 9.17) is 13.8 Å². The molecule has 9 aromatic rings. The first kappa shape index (κ1) is 25.4. The summed E-state index contributed by atoms with van der Waals surface area (Å²) in [5.74, 6) is 0.618. The van der Waals surface area contributed by atoms with E-state index in [-0.39, 0.29) is 0 Å². The van der Waals surface area contributed by atoms with Crippen molar-refractivity contribution in [3.63, 3.8) is 0 Å². The summed E-state index contributed by atoms with van der Waals surface area (Å²) in [6, 6.07) is 54.5. The Morgan fingerprint density at radius 1 is 0.444 bits per heavy atom. The van der Waals surface area contributed by atoms with Gasteiger partial charge in [-0.25, -0.2) is 4.98 Å². The van der Waals surface area contributed by atoms with Crippen molar-refractivity contribution in [3.8, 4) is 22.6 Å². The maximum absolute atomic E-state index is 6.25. The van der Waals surface area contributed by atoms with Crippen molar-refractivity contribution in [2.75, 3.05) is 4.90 Å². The lowest BCUT2D eigenvalue weighted by Gasteiger charge is -2.28. The van der Waals surface area contributed by atoms with Crippen LogP contribution in [0.1, 0.15) is 0 Å². The number of rotatable bonds is 5. The highest BCUT2D eigenvalue weighted by Gasteiger charge is 2.20. The molecular weight excluding hydrogens is 552 g/mol. The molecule has 2 heterocycles. The molecule has 0 aliphatic rings. The van der Waals surface area contributed by atoms with Gasteiger partial charge in [0.05, 0.1) is 5.69 Å². The van der Waals surface area contributed by atoms with Gasteiger partial charge in [0, 0.05) is 38.7 Å². The highest BCUT2D eigenvalue weighted by atomic mass is 16.3. The molecule has 0 amide bonds. The molecule has 0 N–H and O–H groups in total. The molecule has 0 radical (unpaired) electrons. The molecular formula is C41H26N2O2. The molecule has 0 atom stereocenters. The molecule has 45 heavy (non-hydrogen) atoms. The minimum atomic E-state index is 0.618. The third kappa shape index (κ3) is 4.27. The molecule has 7 aromatic carbocycles. The van der Waals surface area contributed by atoms with Gasteiger partial charge in [-0.1, -0.05) is 97.1 Å². The zero-order valence-corrected chi connectivity index (χ0v) is 24.2. The van der Waals surface area contributed by atoms with E-state index in [1.54, 1.807) is 0 Å². The second-order valence-electron chi connectivity index (χ2n) is 11.2. The van der Waals surface area contributed by atoms with E-state index in [2.05, 4.69) is 114 Å². The van der Waals surface area contributed by atoms with E-state index in [1.807, 2.05) is 48.5 Å². The number of hydrogen-bond acceptors (Lipinski definition) is 4. The van der Waals surface area contributed by atoms with Crippen LogP contribution in [0.4, 0.5) is 17.1 Å². The first-order valence-corrected chi connectivity index (χ1v) is 15.0. The van der Waals surface area contributed by atoms with Gasteiger partial charge in [0.25, 0.3) is 0 Å². The summed E-state index contributed by atoms with van der Waals surface area (Å²) < 4.78 is 12.5. The Morgan fingerprint density at radius 2 is 1.07 bits per heavy atom. The van der Waals surface area contributed by atoms with Crippen molar-refractivity contribution in [2.45, 2.75) is 0 Å². The Kier molecular flexibility index (Phi) is 5.78. The predicted octanol–water partition coefficient (Wildman–Crippen LogP) is 11.7. The fourth-order valence-electron chi connectivity index (χ4n) is 6.35. The van der Waals surface area contributed by atoms with Crippen LogP contribution >= 0.6 is 0 Å². The molecule has 0 unspecified atom stereocenters. The zero-order chi connectivity index (χ0) is 29.7. The van der Waals surface area contributed by atoms with Crippen LogP contribution in [0, 0.1) is 0 Å². The predicted molar refractivity (Wildman–Crippen MR) is 184 cm³/mol. The third-order valence-corrected chi connectivity index (χ3v) is 8.49. The fourth-order valence-corrected chi connectivity index (χ4v) is 6.35. The van der Waals surface area contributed by atoms with Crippen LogP contribution in [-0.2, 0) is 0 Å². The average Bonchev–Trinajstić information content (AvgIpc) is 3.72. The van der Waals surface area contributed by atoms with Gasteiger partial charge in [0.15, 0.2) is 5.58 Å². The van der Waals surface area contributed by atoms with E-state index >= 15 is 0 Å². The normalized spacial score (nSPS) is 11.6. The number of fused-ring (bicyclic) bond motifs is 6. The lowest BCUT2D eigenvalue weighted by atomic mass is 10.0. The summed E-state index contributed by atoms with van der Waals surface area (Å²) in [7, 11) is 0. The molecule has 0 aliphatic carbocycles. The molecule has 212 valence electrons. The highest BCUT2D eigenvalue weighted by Crippen LogP contribution is 2.44. The number of hydrogen-bond donors (Lipinski definition) is 0. The number of nitrogens with zero attached hydrogens (tertiary/aromatic N) is 2. The van der Waals surface area contributed by atoms with E-state index in [1.165, 1.54) is 0 Å². The average molecular weight is 579 g/mol. The molecule has 9 rings (SSSR count). The van der Waals surface area contributed by atoms with Crippen molar-refractivity contribution >= 4 is 60.9 Å². The zero-order valence-electron chi connectivity index (χ0n) is 24.2. The van der Waals surface area contributed by atoms with Gasteiger partial charge in [-0.15, -0.1) is 0 Å². The Bertz CT molecular complexity index is 2490. The molecule has 0 spiro atoms. The second kappa shape index (κ2) is 10.2. The van der Waals surface area contributed by atoms with Gasteiger partial charge < -0.3 is 13.7 Å². The molecule has 0 aliphatic heterocycles. The molecule has 0 bridgehead atoms. The topological polar surface area (TPSA) is 42.4 Å². The van der Waals surface area contributed by atoms with Gasteiger partial charge in [-0.2, -0.15) is 0 Å². The lowest BCUT2D eigenvalue weighted by molar-refractivity contribution is 0.620. The van der Waals surface area contributed by atoms with Crippen molar-refractivity contribution < 1.29 is 8.83 Å². The van der Waals surface area contributed by atoms with Crippen LogP contribution in [0.3, 0.4) is 0 Å². The Hall–Kier alpha value is -6.13. The highest BCUT2D eigenvalue weighted by molar-refractivity contribution is 6.08. The number of oxazole rings is 1. The van der Waals surface area contributed by atoms with Crippen LogP contribution in [0.15, 0.2) is 167 Å². The van der Waals surface area contributed by atoms with Crippen LogP contribution < -0.4 is 4.90 Å². The number of benzene rings is 7. The molecule has 4 heteroatoms. The van der Waals surface area contributed by atoms with Crippen LogP contribution in [0.5, 0.6) is 0 Å². The fraction of sp³-hybridized carbons (Fsp3) is 0. The quantitative estimate of drug-likeness (QED) is 0.204. The van der Waals surface area contributed by atoms with Crippen molar-refractivity contribution in [1.82, 2.24) is 4.98 Å². The molecule has 0 fully saturated rings. The maximum atomic E-state index is 6.25. The number of anilines is 3. The first-order valence-electron chi connectivity index (χ1n) is 15.0. The molecule has 0 saturated carbocycles. The largest absolute Gasteiger partial charge is 0.456 e. The number of para-hydroxylation sites is 2. The number of aromatic nitrogens is 1. The molecule has 0 saturated heterocycles. The second-order valence-corrected chi connectivity index (χ2v) is 11.2. The Labute approximate surface area is 259 Å². The molecule has 2 aromatic heterocycles. The van der Waals surface area contributed by atoms with E-state index in [0.29, 0.717) is 5.89 Å². The van der Waals surface area contributed by atoms with E-state index in [9.17, 15) is 0 Å². The lowest BCUT2D eigenvalue weighted by Crippen LogP contribution is -2.11. The van der Waals surface area contributed by atoms with Crippen molar-refractivity contribution in [2.24, 2.45) is 0 Å². The minimum absolute atomic E-state index is 0.618. The smallest absolute Gasteiger partial charge is 0.227 e. The minimum Gasteiger partial charge on any atom is -0.456 e. The SMILES string of the molecule is c1ccc(-c2nc3c(ccc4ccc(N(c5ccc6oc7ccccc7c6c5)c5ccccc5-c5ccccc5)cc43)o2)cc1. The van der Waals surface area contributed by atoms with Gasteiger partial charge in [0.2, 0.25) is 5.89 Å². The summed E-state index contributed by atoms with van der Waals surface area (Å²) >= 11 is 0. The van der Waals surface area contributed by atoms with Crippen LogP contribution in [0.25, 0.3) is 66.4 Å². The summed E-state index contributed by atoms with van der Waals surface area (Å²) in [5.41, 5.74) is 9.75. The standard InChI is InChI=1S/C41H26N2O2/c1-3-11-27(12-4-1)32-15-7-9-17-36(32)43(31-22-24-38-35(26-31)33-16-8-10-18-37(33)44-38)30-21-19-28-20-23-39-40(34(28)25-30)42-41(45-39)29-13-5-2-6-14-29/h1-26H. The van der Waals surface area contributed by atoms with Crippen molar-refractivity contribution in [3.05, 3.63) is 158 Å². The Morgan fingerprint density at radius 3 is 1.91 bits per heavy atom. The van der Waals surface area contributed by atoms with Gasteiger partial charge in [-0.3, -0.25) is 0 Å². The summed E-state index contributed by atoms with van der Waals surface area (Å²) in [4.78, 5) is 7.33. The monoisotopic (exact) mass is 578 g/mol. The summed E-state index contributed by atoms with van der Waals surface area (Å²) in [6.45, 7) is 0. The van der Waals surface area contributed by atoms with Crippen LogP contribution in [-0.4, -0.2) is 4.98 Å². The summed E-state index contributed by atoms with van der Waals surface area (Å²) in [5, 5.41) is 4.32. The maximum Gasteiger partial charge on any atom is 0.227 e. The van der Waals surface area contributed by atoms with Crippen LogP contribution in [0.2, 0.25) is 0 Å². The Balaban J connectivity index is 1.29. The van der Waals surface area contributed by atoms with Gasteiger partial charge >= 0.3 is 0 Å². The molecule has 4 nitrogen and oxygen atoms in total.